The number of benzene rings is 1. The third-order valence-electron chi connectivity index (χ3n) is 4.77. The number of alkyl halides is 1. The van der Waals surface area contributed by atoms with Crippen LogP contribution in [-0.4, -0.2) is 33.8 Å². The summed E-state index contributed by atoms with van der Waals surface area (Å²) in [7, 11) is 0. The Morgan fingerprint density at radius 2 is 2.09 bits per heavy atom. The monoisotopic (exact) mass is 315 g/mol. The molecule has 5 nitrogen and oxygen atoms in total. The van der Waals surface area contributed by atoms with Crippen LogP contribution in [-0.2, 0) is 4.74 Å². The van der Waals surface area contributed by atoms with E-state index < -0.39 is 6.17 Å². The minimum absolute atomic E-state index is 0.116. The maximum absolute atomic E-state index is 14.3. The average molecular weight is 315 g/mol. The molecule has 1 aromatic carbocycles. The molecule has 0 unspecified atom stereocenters. The van der Waals surface area contributed by atoms with Gasteiger partial charge in [-0.05, 0) is 11.5 Å². The van der Waals surface area contributed by atoms with Gasteiger partial charge < -0.3 is 4.74 Å². The van der Waals surface area contributed by atoms with E-state index in [-0.39, 0.29) is 35.3 Å². The van der Waals surface area contributed by atoms with E-state index >= 15 is 0 Å². The summed E-state index contributed by atoms with van der Waals surface area (Å²) in [6.45, 7) is 2.94. The second kappa shape index (κ2) is 5.53. The van der Waals surface area contributed by atoms with Gasteiger partial charge in [0.1, 0.15) is 0 Å². The number of fused-ring (bicyclic) bond motifs is 1. The lowest BCUT2D eigenvalue weighted by Crippen LogP contribution is -2.22. The molecule has 120 valence electrons. The number of carbonyl (C=O) groups excluding carboxylic acids is 1. The molecule has 2 aromatic rings. The molecule has 0 N–H and O–H groups in total. The van der Waals surface area contributed by atoms with Gasteiger partial charge in [-0.1, -0.05) is 37.3 Å². The summed E-state index contributed by atoms with van der Waals surface area (Å²) >= 11 is 0. The van der Waals surface area contributed by atoms with Gasteiger partial charge in [0.05, 0.1) is 18.6 Å². The van der Waals surface area contributed by atoms with Gasteiger partial charge in [0.2, 0.25) is 11.6 Å². The fourth-order valence-electron chi connectivity index (χ4n) is 3.40. The number of halogens is 1. The van der Waals surface area contributed by atoms with Crippen molar-refractivity contribution in [2.45, 2.75) is 25.6 Å². The molecule has 3 heterocycles. The van der Waals surface area contributed by atoms with Gasteiger partial charge in [-0.15, -0.1) is 5.10 Å². The Balaban J connectivity index is 1.67. The van der Waals surface area contributed by atoms with Crippen LogP contribution in [0.2, 0.25) is 0 Å². The number of carbonyl (C=O) groups is 1. The Hall–Kier alpha value is -2.08. The summed E-state index contributed by atoms with van der Waals surface area (Å²) in [6.07, 6.45) is -0.872. The van der Waals surface area contributed by atoms with Gasteiger partial charge >= 0.3 is 0 Å². The lowest BCUT2D eigenvalue weighted by Gasteiger charge is -2.12. The molecule has 23 heavy (non-hydrogen) atoms. The normalized spacial score (nSPS) is 29.7. The molecule has 1 aromatic heterocycles. The van der Waals surface area contributed by atoms with E-state index in [1.165, 1.54) is 0 Å². The van der Waals surface area contributed by atoms with Crippen LogP contribution in [0.1, 0.15) is 47.6 Å². The molecule has 0 amide bonds. The number of hydrogen-bond acceptors (Lipinski definition) is 4. The predicted molar refractivity (Wildman–Crippen MR) is 80.9 cm³/mol. The Morgan fingerprint density at radius 1 is 1.30 bits per heavy atom. The molecule has 4 rings (SSSR count). The molecule has 6 heteroatoms. The van der Waals surface area contributed by atoms with Crippen molar-refractivity contribution >= 4 is 5.78 Å². The summed E-state index contributed by atoms with van der Waals surface area (Å²) in [4.78, 5) is 16.8. The number of hydrogen-bond donors (Lipinski definition) is 0. The first kappa shape index (κ1) is 14.5. The summed E-state index contributed by atoms with van der Waals surface area (Å²) in [5.74, 6) is 0.147. The number of nitrogens with zero attached hydrogens (tertiary/aromatic N) is 3. The lowest BCUT2D eigenvalue weighted by molar-refractivity contribution is 0.0876. The maximum atomic E-state index is 14.3. The second-order valence-corrected chi connectivity index (χ2v) is 6.35. The molecule has 4 atom stereocenters. The third-order valence-corrected chi connectivity index (χ3v) is 4.77. The van der Waals surface area contributed by atoms with Crippen LogP contribution in [0, 0.1) is 11.8 Å². The molecule has 0 radical (unpaired) electrons. The molecular formula is C17H18FN3O2. The highest BCUT2D eigenvalue weighted by molar-refractivity contribution is 5.94. The minimum Gasteiger partial charge on any atom is -0.380 e. The van der Waals surface area contributed by atoms with E-state index in [1.54, 1.807) is 4.68 Å². The standard InChI is InChI=1S/C17H18FN3O2/c1-10-8-23-9-12(10)15(22)16-19-17-13(18)7-14(21(17)20-16)11-5-3-2-4-6-11/h2-6,10,12-14H,7-9H2,1H3/t10-,12-,13+,14+/m1/s1. The summed E-state index contributed by atoms with van der Waals surface area (Å²) < 4.78 is 21.2. The number of rotatable bonds is 3. The fourth-order valence-corrected chi connectivity index (χ4v) is 3.40. The van der Waals surface area contributed by atoms with E-state index in [2.05, 4.69) is 10.1 Å². The highest BCUT2D eigenvalue weighted by Crippen LogP contribution is 2.39. The smallest absolute Gasteiger partial charge is 0.218 e. The zero-order valence-corrected chi connectivity index (χ0v) is 12.9. The Bertz CT molecular complexity index is 731. The van der Waals surface area contributed by atoms with Crippen molar-refractivity contribution in [3.05, 3.63) is 47.5 Å². The third kappa shape index (κ3) is 2.37. The van der Waals surface area contributed by atoms with E-state index in [9.17, 15) is 9.18 Å². The predicted octanol–water partition coefficient (Wildman–Crippen LogP) is 2.75. The molecule has 1 saturated heterocycles. The molecule has 0 bridgehead atoms. The van der Waals surface area contributed by atoms with Crippen molar-refractivity contribution in [3.63, 3.8) is 0 Å². The van der Waals surface area contributed by atoms with Crippen LogP contribution in [0.15, 0.2) is 30.3 Å². The minimum atomic E-state index is -1.19. The highest BCUT2D eigenvalue weighted by atomic mass is 19.1. The van der Waals surface area contributed by atoms with Crippen molar-refractivity contribution in [3.8, 4) is 0 Å². The van der Waals surface area contributed by atoms with Crippen LogP contribution in [0.3, 0.4) is 0 Å². The second-order valence-electron chi connectivity index (χ2n) is 6.35. The molecular weight excluding hydrogens is 297 g/mol. The van der Waals surface area contributed by atoms with Gasteiger partial charge in [0.15, 0.2) is 12.0 Å². The van der Waals surface area contributed by atoms with Gasteiger partial charge in [-0.3, -0.25) is 4.79 Å². The van der Waals surface area contributed by atoms with Crippen LogP contribution >= 0.6 is 0 Å². The number of Topliss-reactive ketones (excluding diaryl/α,β-unsaturated/α-hetero) is 1. The summed E-state index contributed by atoms with van der Waals surface area (Å²) in [6, 6.07) is 9.45. The first-order valence-electron chi connectivity index (χ1n) is 7.92. The summed E-state index contributed by atoms with van der Waals surface area (Å²) in [5.41, 5.74) is 0.982. The van der Waals surface area contributed by atoms with Crippen molar-refractivity contribution in [1.29, 1.82) is 0 Å². The summed E-state index contributed by atoms with van der Waals surface area (Å²) in [5, 5.41) is 4.34. The van der Waals surface area contributed by atoms with Gasteiger partial charge in [-0.2, -0.15) is 0 Å². The molecule has 0 spiro atoms. The molecule has 0 saturated carbocycles. The van der Waals surface area contributed by atoms with E-state index in [4.69, 9.17) is 4.74 Å². The molecule has 2 aliphatic rings. The van der Waals surface area contributed by atoms with Crippen molar-refractivity contribution in [2.75, 3.05) is 13.2 Å². The van der Waals surface area contributed by atoms with Gasteiger partial charge in [0, 0.05) is 13.0 Å². The topological polar surface area (TPSA) is 57.0 Å². The Labute approximate surface area is 133 Å². The highest BCUT2D eigenvalue weighted by Gasteiger charge is 2.39. The maximum Gasteiger partial charge on any atom is 0.218 e. The van der Waals surface area contributed by atoms with E-state index in [1.807, 2.05) is 37.3 Å². The molecule has 1 fully saturated rings. The van der Waals surface area contributed by atoms with Crippen LogP contribution in [0.4, 0.5) is 4.39 Å². The van der Waals surface area contributed by atoms with Gasteiger partial charge in [-0.25, -0.2) is 14.1 Å². The van der Waals surface area contributed by atoms with Crippen molar-refractivity contribution in [2.24, 2.45) is 11.8 Å². The first-order valence-corrected chi connectivity index (χ1v) is 7.92. The van der Waals surface area contributed by atoms with Gasteiger partial charge in [0.25, 0.3) is 0 Å². The number of ether oxygens (including phenoxy) is 1. The lowest BCUT2D eigenvalue weighted by atomic mass is 9.93. The van der Waals surface area contributed by atoms with Crippen LogP contribution in [0.5, 0.6) is 0 Å². The van der Waals surface area contributed by atoms with E-state index in [0.29, 0.717) is 19.6 Å². The quantitative estimate of drug-likeness (QED) is 0.817. The first-order chi connectivity index (χ1) is 11.1. The fraction of sp³-hybridized carbons (Fsp3) is 0.471. The SMILES string of the molecule is C[C@@H]1COC[C@H]1C(=O)c1nc2n(n1)[C@H](c1ccccc1)C[C@@H]2F. The van der Waals surface area contributed by atoms with Crippen molar-refractivity contribution in [1.82, 2.24) is 14.8 Å². The molecule has 2 aliphatic heterocycles. The number of ketones is 1. The Kier molecular flexibility index (Phi) is 3.49. The zero-order valence-electron chi connectivity index (χ0n) is 12.9. The van der Waals surface area contributed by atoms with Crippen LogP contribution < -0.4 is 0 Å². The average Bonchev–Trinajstić information content (AvgIpc) is 3.24. The van der Waals surface area contributed by atoms with E-state index in [0.717, 1.165) is 5.56 Å². The van der Waals surface area contributed by atoms with Crippen molar-refractivity contribution < 1.29 is 13.9 Å². The number of aromatic nitrogens is 3. The largest absolute Gasteiger partial charge is 0.380 e. The Morgan fingerprint density at radius 3 is 2.78 bits per heavy atom. The zero-order chi connectivity index (χ0) is 16.0. The van der Waals surface area contributed by atoms with Crippen LogP contribution in [0.25, 0.3) is 0 Å². The molecule has 0 aliphatic carbocycles.